The minimum absolute atomic E-state index is 2.50. The van der Waals surface area contributed by atoms with Crippen LogP contribution in [0, 0.1) is 0 Å². The van der Waals surface area contributed by atoms with E-state index in [1.165, 1.54) is 0 Å². The fourth-order valence-electron chi connectivity index (χ4n) is 0.514. The van der Waals surface area contributed by atoms with Crippen LogP contribution in [0.5, 0.6) is 0 Å². The molecule has 0 aliphatic heterocycles. The maximum absolute atomic E-state index is 11.2. The maximum Gasteiger partial charge on any atom is 0.269 e. The first-order valence-corrected chi connectivity index (χ1v) is 8.85. The van der Waals surface area contributed by atoms with Crippen LogP contribution in [0.4, 0.5) is 0 Å². The van der Waals surface area contributed by atoms with Crippen LogP contribution in [0.15, 0.2) is 0 Å². The second-order valence-corrected chi connectivity index (χ2v) is 12.0. The fourth-order valence-corrected chi connectivity index (χ4v) is 4.04. The average molecular weight is 467 g/mol. The van der Waals surface area contributed by atoms with Gasteiger partial charge in [-0.2, -0.15) is 0 Å². The molecule has 2 nitrogen and oxygen atoms in total. The quantitative estimate of drug-likeness (QED) is 0.412. The highest BCUT2D eigenvalue weighted by Crippen LogP contribution is 2.63. The normalized spacial score (nSPS) is 16.1. The zero-order valence-corrected chi connectivity index (χ0v) is 15.4. The van der Waals surface area contributed by atoms with Crippen LogP contribution in [-0.2, 0) is 9.05 Å². The Morgan fingerprint density at radius 2 is 0.941 bits per heavy atom. The van der Waals surface area contributed by atoms with Crippen molar-refractivity contribution in [3.63, 3.8) is 0 Å². The van der Waals surface area contributed by atoms with Crippen LogP contribution in [-0.4, -0.2) is 24.5 Å². The number of rotatable bonds is 3. The summed E-state index contributed by atoms with van der Waals surface area (Å²) >= 11 is 49.5. The second-order valence-electron chi connectivity index (χ2n) is 2.60. The highest BCUT2D eigenvalue weighted by Gasteiger charge is 2.72. The largest absolute Gasteiger partial charge is 0.269 e. The lowest BCUT2D eigenvalue weighted by Gasteiger charge is -2.42. The van der Waals surface area contributed by atoms with E-state index in [2.05, 4.69) is 0 Å². The molecule has 0 aromatic rings. The number of halogens is 10. The van der Waals surface area contributed by atoms with Gasteiger partial charge in [0.25, 0.3) is 12.7 Å². The van der Waals surface area contributed by atoms with Gasteiger partial charge in [0, 0.05) is 10.7 Å². The molecule has 17 heavy (non-hydrogen) atoms. The van der Waals surface area contributed by atoms with Crippen molar-refractivity contribution in [2.75, 3.05) is 0 Å². The van der Waals surface area contributed by atoms with Crippen LogP contribution in [0.3, 0.4) is 0 Å². The van der Waals surface area contributed by atoms with Crippen LogP contribution in [0.25, 0.3) is 0 Å². The second kappa shape index (κ2) is 5.57. The van der Waals surface area contributed by atoms with E-state index in [0.29, 0.717) is 0 Å². The van der Waals surface area contributed by atoms with E-state index in [1.54, 1.807) is 0 Å². The molecule has 0 heterocycles. The van der Waals surface area contributed by atoms with Gasteiger partial charge in [-0.1, -0.05) is 104 Å². The van der Waals surface area contributed by atoms with E-state index in [-0.39, 0.29) is 0 Å². The molecule has 0 aliphatic carbocycles. The number of hydrogen-bond acceptors (Lipinski definition) is 2. The highest BCUT2D eigenvalue weighted by molar-refractivity contribution is 8.17. The summed E-state index contributed by atoms with van der Waals surface area (Å²) in [6, 6.07) is 0. The topological polar surface area (TPSA) is 34.1 Å². The Labute approximate surface area is 147 Å². The molecule has 0 bridgehead atoms. The van der Waals surface area contributed by atoms with Crippen molar-refractivity contribution in [1.82, 2.24) is 0 Å². The lowest BCUT2D eigenvalue weighted by Crippen LogP contribution is -2.58. The van der Waals surface area contributed by atoms with Crippen LogP contribution in [0.1, 0.15) is 0 Å². The Hall–Kier alpha value is 2.85. The SMILES string of the molecule is O=S(=O)(Cl)C(Cl)(Cl)C(Cl)(Cl)C(Cl)(Cl)C(Cl)(Cl)Cl. The summed E-state index contributed by atoms with van der Waals surface area (Å²) in [6.45, 7) is 0. The molecule has 0 aromatic heterocycles. The van der Waals surface area contributed by atoms with Gasteiger partial charge in [-0.15, -0.1) is 0 Å². The first kappa shape index (κ1) is 19.9. The predicted octanol–water partition coefficient (Wildman–Crippen LogP) is 5.40. The van der Waals surface area contributed by atoms with Gasteiger partial charge in [-0.25, -0.2) is 8.42 Å². The summed E-state index contributed by atoms with van der Waals surface area (Å²) < 4.78 is 11.3. The van der Waals surface area contributed by atoms with Gasteiger partial charge in [0.2, 0.25) is 12.5 Å². The molecule has 0 atom stereocenters. The van der Waals surface area contributed by atoms with Crippen molar-refractivity contribution in [2.24, 2.45) is 0 Å². The fraction of sp³-hybridized carbons (Fsp3) is 1.00. The Kier molecular flexibility index (Phi) is 6.50. The molecule has 0 fully saturated rings. The molecule has 0 saturated heterocycles. The Balaban J connectivity index is 5.91. The lowest BCUT2D eigenvalue weighted by molar-refractivity contribution is 0.581. The van der Waals surface area contributed by atoms with Crippen LogP contribution in [0.2, 0.25) is 0 Å². The zero-order chi connectivity index (χ0) is 14.5. The molecule has 0 N–H and O–H groups in total. The lowest BCUT2D eigenvalue weighted by atomic mass is 10.3. The summed E-state index contributed by atoms with van der Waals surface area (Å²) in [7, 11) is 0.249. The Morgan fingerprint density at radius 3 is 1.12 bits per heavy atom. The van der Waals surface area contributed by atoms with E-state index in [9.17, 15) is 8.42 Å². The Bertz CT molecular complexity index is 391. The Morgan fingerprint density at radius 1 is 0.647 bits per heavy atom. The van der Waals surface area contributed by atoms with Crippen molar-refractivity contribution in [3.05, 3.63) is 0 Å². The van der Waals surface area contributed by atoms with Gasteiger partial charge < -0.3 is 0 Å². The molecule has 104 valence electrons. The summed E-state index contributed by atoms with van der Waals surface area (Å²) in [6.07, 6.45) is 0. The first-order chi connectivity index (χ1) is 7.00. The van der Waals surface area contributed by atoms with Crippen molar-refractivity contribution in [2.45, 2.75) is 16.1 Å². The smallest absolute Gasteiger partial charge is 0.209 e. The summed E-state index contributed by atoms with van der Waals surface area (Å²) in [5.41, 5.74) is 0. The molecule has 0 saturated carbocycles. The van der Waals surface area contributed by atoms with Gasteiger partial charge >= 0.3 is 0 Å². The molecule has 0 aliphatic rings. The molecule has 0 radical (unpaired) electrons. The van der Waals surface area contributed by atoms with Crippen LogP contribution >= 0.6 is 115 Å². The highest BCUT2D eigenvalue weighted by atomic mass is 35.7. The predicted molar refractivity (Wildman–Crippen MR) is 78.4 cm³/mol. The summed E-state index contributed by atoms with van der Waals surface area (Å²) in [5, 5.41) is 0. The summed E-state index contributed by atoms with van der Waals surface area (Å²) in [5.74, 6) is 0. The molecule has 0 rings (SSSR count). The van der Waals surface area contributed by atoms with Crippen molar-refractivity contribution in [1.29, 1.82) is 0 Å². The van der Waals surface area contributed by atoms with E-state index < -0.39 is 25.2 Å². The van der Waals surface area contributed by atoms with Gasteiger partial charge in [0.05, 0.1) is 0 Å². The van der Waals surface area contributed by atoms with Gasteiger partial charge in [0.1, 0.15) is 0 Å². The van der Waals surface area contributed by atoms with Gasteiger partial charge in [-0.05, 0) is 0 Å². The van der Waals surface area contributed by atoms with E-state index >= 15 is 0 Å². The molecular formula is C4Cl10O2S. The average Bonchev–Trinajstić information content (AvgIpc) is 1.98. The maximum atomic E-state index is 11.2. The number of hydrogen-bond donors (Lipinski definition) is 0. The van der Waals surface area contributed by atoms with Crippen molar-refractivity contribution in [3.8, 4) is 0 Å². The van der Waals surface area contributed by atoms with E-state index in [4.69, 9.17) is 115 Å². The molecule has 0 spiro atoms. The van der Waals surface area contributed by atoms with Gasteiger partial charge in [0.15, 0.2) is 0 Å². The van der Waals surface area contributed by atoms with Crippen molar-refractivity contribution < 1.29 is 8.42 Å². The minimum atomic E-state index is -4.71. The van der Waals surface area contributed by atoms with E-state index in [1.807, 2.05) is 0 Å². The van der Waals surface area contributed by atoms with E-state index in [0.717, 1.165) is 0 Å². The van der Waals surface area contributed by atoms with Gasteiger partial charge in [-0.3, -0.25) is 0 Å². The standard InChI is InChI=1S/C4Cl10O2S/c5-1(6,3(9,10)11)2(7,8)4(12,13)17(14,15)16. The zero-order valence-electron chi connectivity index (χ0n) is 7.00. The molecule has 0 aromatic carbocycles. The molecule has 0 unspecified atom stereocenters. The minimum Gasteiger partial charge on any atom is -0.209 e. The molecule has 13 heteroatoms. The summed E-state index contributed by atoms with van der Waals surface area (Å²) in [4.78, 5) is 0. The monoisotopic (exact) mass is 462 g/mol. The first-order valence-electron chi connectivity index (χ1n) is 3.14. The third-order valence-electron chi connectivity index (χ3n) is 1.42. The molecule has 0 amide bonds. The van der Waals surface area contributed by atoms with Crippen LogP contribution < -0.4 is 0 Å². The number of alkyl halides is 9. The third-order valence-corrected chi connectivity index (χ3v) is 9.99. The molecular weight excluding hydrogens is 467 g/mol. The third kappa shape index (κ3) is 3.55. The van der Waals surface area contributed by atoms with Crippen molar-refractivity contribution >= 4 is 124 Å².